The monoisotopic (exact) mass is 418 g/mol. The molecule has 30 heavy (non-hydrogen) atoms. The van der Waals surface area contributed by atoms with Crippen LogP contribution in [-0.4, -0.2) is 38.7 Å². The number of rotatable bonds is 3. The third-order valence-electron chi connectivity index (χ3n) is 6.06. The quantitative estimate of drug-likeness (QED) is 0.488. The van der Waals surface area contributed by atoms with Gasteiger partial charge in [0.1, 0.15) is 5.15 Å². The summed E-state index contributed by atoms with van der Waals surface area (Å²) < 4.78 is 1.64. The first-order chi connectivity index (χ1) is 14.6. The predicted molar refractivity (Wildman–Crippen MR) is 119 cm³/mol. The van der Waals surface area contributed by atoms with Gasteiger partial charge in [-0.1, -0.05) is 48.0 Å². The van der Waals surface area contributed by atoms with Gasteiger partial charge in [0.2, 0.25) is 0 Å². The fourth-order valence-corrected chi connectivity index (χ4v) is 4.82. The lowest BCUT2D eigenvalue weighted by Crippen LogP contribution is -2.38. The molecule has 0 spiro atoms. The molecular formula is C24H23ClN4O. The fraction of sp³-hybridized carbons (Fsp3) is 0.250. The van der Waals surface area contributed by atoms with Crippen molar-refractivity contribution in [3.63, 3.8) is 0 Å². The first-order valence-corrected chi connectivity index (χ1v) is 10.7. The second-order valence-corrected chi connectivity index (χ2v) is 8.21. The second-order valence-electron chi connectivity index (χ2n) is 7.85. The largest absolute Gasteiger partial charge is 0.361 e. The van der Waals surface area contributed by atoms with Crippen LogP contribution in [0.2, 0.25) is 5.15 Å². The molecule has 0 atom stereocenters. The minimum atomic E-state index is -0.0305. The summed E-state index contributed by atoms with van der Waals surface area (Å²) in [5.41, 5.74) is 4.53. The first-order valence-electron chi connectivity index (χ1n) is 10.3. The van der Waals surface area contributed by atoms with Crippen molar-refractivity contribution in [2.45, 2.75) is 25.7 Å². The summed E-state index contributed by atoms with van der Waals surface area (Å²) in [6.07, 6.45) is 4.01. The third kappa shape index (κ3) is 3.19. The number of hydrogen-bond donors (Lipinski definition) is 1. The molecule has 1 aliphatic rings. The number of piperidine rings is 1. The zero-order valence-electron chi connectivity index (χ0n) is 16.8. The van der Waals surface area contributed by atoms with Crippen LogP contribution in [0.25, 0.3) is 16.6 Å². The molecule has 5 nitrogen and oxygen atoms in total. The number of hydrogen-bond acceptors (Lipinski definition) is 2. The highest BCUT2D eigenvalue weighted by Crippen LogP contribution is 2.34. The van der Waals surface area contributed by atoms with E-state index in [2.05, 4.69) is 34.5 Å². The van der Waals surface area contributed by atoms with Gasteiger partial charge in [0.25, 0.3) is 5.91 Å². The highest BCUT2D eigenvalue weighted by atomic mass is 35.5. The van der Waals surface area contributed by atoms with Crippen molar-refractivity contribution in [1.82, 2.24) is 19.7 Å². The van der Waals surface area contributed by atoms with Gasteiger partial charge in [0.05, 0.1) is 16.9 Å². The van der Waals surface area contributed by atoms with E-state index in [1.807, 2.05) is 48.2 Å². The Labute approximate surface area is 180 Å². The van der Waals surface area contributed by atoms with Crippen LogP contribution in [0.5, 0.6) is 0 Å². The Morgan fingerprint density at radius 1 is 1.07 bits per heavy atom. The number of carbonyl (C=O) groups is 1. The molecule has 0 unspecified atom stereocenters. The molecule has 1 saturated heterocycles. The molecule has 5 rings (SSSR count). The van der Waals surface area contributed by atoms with Gasteiger partial charge in [-0.3, -0.25) is 4.79 Å². The average molecular weight is 419 g/mol. The van der Waals surface area contributed by atoms with E-state index in [9.17, 15) is 4.79 Å². The number of carbonyl (C=O) groups excluding carboxylic acids is 1. The van der Waals surface area contributed by atoms with Crippen LogP contribution >= 0.6 is 11.6 Å². The number of nitrogens with zero attached hydrogens (tertiary/aromatic N) is 3. The van der Waals surface area contributed by atoms with Gasteiger partial charge in [0.15, 0.2) is 0 Å². The molecule has 0 radical (unpaired) electrons. The van der Waals surface area contributed by atoms with Crippen molar-refractivity contribution in [1.29, 1.82) is 0 Å². The number of H-pyrrole nitrogens is 1. The van der Waals surface area contributed by atoms with E-state index in [0.717, 1.165) is 31.6 Å². The van der Waals surface area contributed by atoms with Crippen LogP contribution in [0, 0.1) is 6.92 Å². The Kier molecular flexibility index (Phi) is 4.83. The van der Waals surface area contributed by atoms with Crippen LogP contribution in [0.3, 0.4) is 0 Å². The molecule has 6 heteroatoms. The van der Waals surface area contributed by atoms with Crippen molar-refractivity contribution in [3.8, 4) is 5.69 Å². The average Bonchev–Trinajstić information content (AvgIpc) is 3.35. The van der Waals surface area contributed by atoms with E-state index in [1.165, 1.54) is 16.5 Å². The lowest BCUT2D eigenvalue weighted by atomic mass is 9.89. The van der Waals surface area contributed by atoms with E-state index in [4.69, 9.17) is 11.6 Å². The molecule has 1 aliphatic heterocycles. The summed E-state index contributed by atoms with van der Waals surface area (Å²) in [4.78, 5) is 18.6. The van der Waals surface area contributed by atoms with E-state index in [1.54, 1.807) is 4.68 Å². The number of fused-ring (bicyclic) bond motifs is 1. The molecule has 3 heterocycles. The highest BCUT2D eigenvalue weighted by molar-refractivity contribution is 6.33. The number of aromatic nitrogens is 3. The molecule has 1 N–H and O–H groups in total. The third-order valence-corrected chi connectivity index (χ3v) is 6.41. The molecule has 152 valence electrons. The van der Waals surface area contributed by atoms with E-state index in [0.29, 0.717) is 22.3 Å². The van der Waals surface area contributed by atoms with Gasteiger partial charge < -0.3 is 9.88 Å². The molecule has 0 bridgehead atoms. The summed E-state index contributed by atoms with van der Waals surface area (Å²) >= 11 is 6.60. The van der Waals surface area contributed by atoms with E-state index >= 15 is 0 Å². The lowest BCUT2D eigenvalue weighted by Gasteiger charge is -2.32. The van der Waals surface area contributed by atoms with E-state index in [-0.39, 0.29) is 5.91 Å². The first kappa shape index (κ1) is 18.9. The van der Waals surface area contributed by atoms with Crippen LogP contribution < -0.4 is 0 Å². The normalized spacial score (nSPS) is 15.1. The minimum Gasteiger partial charge on any atom is -0.361 e. The maximum absolute atomic E-state index is 13.3. The SMILES string of the molecule is Cc1nn(-c2ccccc2)c(Cl)c1C(=O)N1CCC(c2c[nH]c3ccccc23)CC1. The summed E-state index contributed by atoms with van der Waals surface area (Å²) in [5, 5.41) is 6.18. The smallest absolute Gasteiger partial charge is 0.258 e. The number of amides is 1. The van der Waals surface area contributed by atoms with Crippen molar-refractivity contribution < 1.29 is 4.79 Å². The van der Waals surface area contributed by atoms with Gasteiger partial charge >= 0.3 is 0 Å². The van der Waals surface area contributed by atoms with Crippen molar-refractivity contribution in [2.75, 3.05) is 13.1 Å². The molecule has 0 aliphatic carbocycles. The molecule has 0 saturated carbocycles. The fourth-order valence-electron chi connectivity index (χ4n) is 4.47. The van der Waals surface area contributed by atoms with Gasteiger partial charge in [-0.2, -0.15) is 5.10 Å². The molecule has 1 fully saturated rings. The Bertz CT molecular complexity index is 1200. The van der Waals surface area contributed by atoms with E-state index < -0.39 is 0 Å². The van der Waals surface area contributed by atoms with Crippen molar-refractivity contribution >= 4 is 28.4 Å². The predicted octanol–water partition coefficient (Wildman–Crippen LogP) is 5.34. The zero-order chi connectivity index (χ0) is 20.7. The number of benzene rings is 2. The summed E-state index contributed by atoms with van der Waals surface area (Å²) in [6.45, 7) is 3.28. The van der Waals surface area contributed by atoms with Crippen LogP contribution in [0.4, 0.5) is 0 Å². The maximum atomic E-state index is 13.3. The highest BCUT2D eigenvalue weighted by Gasteiger charge is 2.30. The Hall–Kier alpha value is -3.05. The van der Waals surface area contributed by atoms with Crippen LogP contribution in [-0.2, 0) is 0 Å². The minimum absolute atomic E-state index is 0.0305. The van der Waals surface area contributed by atoms with Crippen molar-refractivity contribution in [3.05, 3.63) is 82.8 Å². The Balaban J connectivity index is 1.35. The molecular weight excluding hydrogens is 396 g/mol. The van der Waals surface area contributed by atoms with Crippen molar-refractivity contribution in [2.24, 2.45) is 0 Å². The standard InChI is InChI=1S/C24H23ClN4O/c1-16-22(23(25)29(27-16)18-7-3-2-4-8-18)24(30)28-13-11-17(12-14-28)20-15-26-21-10-6-5-9-19(20)21/h2-10,15,17,26H,11-14H2,1H3. The molecule has 1 amide bonds. The Morgan fingerprint density at radius 3 is 2.53 bits per heavy atom. The molecule has 2 aromatic carbocycles. The van der Waals surface area contributed by atoms with Crippen LogP contribution in [0.15, 0.2) is 60.8 Å². The summed E-state index contributed by atoms with van der Waals surface area (Å²) in [7, 11) is 0. The lowest BCUT2D eigenvalue weighted by molar-refractivity contribution is 0.0713. The second kappa shape index (κ2) is 7.65. The molecule has 2 aromatic heterocycles. The summed E-state index contributed by atoms with van der Waals surface area (Å²) in [5.74, 6) is 0.422. The van der Waals surface area contributed by atoms with Crippen LogP contribution in [0.1, 0.15) is 40.4 Å². The van der Waals surface area contributed by atoms with Gasteiger partial charge in [-0.15, -0.1) is 0 Å². The maximum Gasteiger partial charge on any atom is 0.258 e. The number of likely N-dealkylation sites (tertiary alicyclic amines) is 1. The number of nitrogens with one attached hydrogen (secondary N) is 1. The number of aryl methyl sites for hydroxylation is 1. The number of aromatic amines is 1. The summed E-state index contributed by atoms with van der Waals surface area (Å²) in [6, 6.07) is 18.1. The van der Waals surface area contributed by atoms with Gasteiger partial charge in [-0.05, 0) is 49.4 Å². The van der Waals surface area contributed by atoms with Gasteiger partial charge in [0, 0.05) is 30.2 Å². The number of halogens is 1. The number of para-hydroxylation sites is 2. The Morgan fingerprint density at radius 2 is 1.77 bits per heavy atom. The zero-order valence-corrected chi connectivity index (χ0v) is 17.6. The topological polar surface area (TPSA) is 53.9 Å². The molecule has 4 aromatic rings. The van der Waals surface area contributed by atoms with Gasteiger partial charge in [-0.25, -0.2) is 4.68 Å².